The van der Waals surface area contributed by atoms with E-state index in [0.717, 1.165) is 17.1 Å². The molecule has 2 aliphatic heterocycles. The summed E-state index contributed by atoms with van der Waals surface area (Å²) in [5, 5.41) is 2.63. The maximum Gasteiger partial charge on any atom is 0.333 e. The first-order valence-electron chi connectivity index (χ1n) is 27.3. The minimum Gasteiger partial charge on any atom is -0.376 e. The van der Waals surface area contributed by atoms with Crippen molar-refractivity contribution in [3.8, 4) is 22.3 Å². The van der Waals surface area contributed by atoms with E-state index >= 15 is 0 Å². The van der Waals surface area contributed by atoms with E-state index in [1.807, 2.05) is 11.3 Å². The fourth-order valence-corrected chi connectivity index (χ4v) is 13.0. The van der Waals surface area contributed by atoms with Crippen LogP contribution in [0.5, 0.6) is 0 Å². The predicted molar refractivity (Wildman–Crippen MR) is 333 cm³/mol. The highest BCUT2D eigenvalue weighted by atomic mass is 32.1. The fourth-order valence-electron chi connectivity index (χ4n) is 11.9. The first kappa shape index (κ1) is 49.5. The Morgan fingerprint density at radius 1 is 0.395 bits per heavy atom. The Hall–Kier alpha value is -7.34. The maximum atomic E-state index is 2.71. The van der Waals surface area contributed by atoms with Crippen LogP contribution in [0.1, 0.15) is 111 Å². The second-order valence-corrected chi connectivity index (χ2v) is 26.7. The van der Waals surface area contributed by atoms with E-state index in [4.69, 9.17) is 0 Å². The van der Waals surface area contributed by atoms with Gasteiger partial charge in [0.15, 0.2) is 0 Å². The van der Waals surface area contributed by atoms with Crippen molar-refractivity contribution in [3.63, 3.8) is 0 Å². The van der Waals surface area contributed by atoms with Crippen LogP contribution in [0.2, 0.25) is 0 Å². The second kappa shape index (κ2) is 17.9. The lowest BCUT2D eigenvalue weighted by molar-refractivity contribution is 0.590. The molecule has 0 aliphatic carbocycles. The highest BCUT2D eigenvalue weighted by Crippen LogP contribution is 2.52. The van der Waals surface area contributed by atoms with Crippen LogP contribution in [0.25, 0.3) is 42.4 Å². The van der Waals surface area contributed by atoms with Crippen molar-refractivity contribution < 1.29 is 0 Å². The van der Waals surface area contributed by atoms with Gasteiger partial charge in [-0.3, -0.25) is 0 Å². The van der Waals surface area contributed by atoms with E-state index < -0.39 is 0 Å². The summed E-state index contributed by atoms with van der Waals surface area (Å²) >= 11 is 1.90. The Kier molecular flexibility index (Phi) is 11.7. The predicted octanol–water partition coefficient (Wildman–Crippen LogP) is 19.4. The fraction of sp³-hybridized carbons (Fsp3) is 0.239. The smallest absolute Gasteiger partial charge is 0.333 e. The van der Waals surface area contributed by atoms with Crippen LogP contribution in [-0.4, -0.2) is 6.85 Å². The molecule has 0 spiro atoms. The van der Waals surface area contributed by atoms with Crippen molar-refractivity contribution >= 4 is 94.8 Å². The molecule has 3 nitrogen and oxygen atoms in total. The highest BCUT2D eigenvalue weighted by molar-refractivity contribution is 7.26. The van der Waals surface area contributed by atoms with Gasteiger partial charge in [-0.15, -0.1) is 11.3 Å². The molecule has 0 atom stereocenters. The molecule has 3 heterocycles. The molecule has 12 rings (SSSR count). The van der Waals surface area contributed by atoms with Gasteiger partial charge in [-0.25, -0.2) is 0 Å². The molecule has 0 saturated carbocycles. The van der Waals surface area contributed by atoms with Crippen molar-refractivity contribution in [1.82, 2.24) is 0 Å². The summed E-state index contributed by atoms with van der Waals surface area (Å²) in [5.74, 6) is 0. The molecule has 5 heteroatoms. The zero-order valence-corrected chi connectivity index (χ0v) is 47.5. The molecular weight excluding hydrogens is 938 g/mol. The quantitative estimate of drug-likeness (QED) is 0.154. The summed E-state index contributed by atoms with van der Waals surface area (Å²) in [6, 6.07) is 72.4. The van der Waals surface area contributed by atoms with E-state index in [1.54, 1.807) is 0 Å². The Morgan fingerprint density at radius 3 is 1.54 bits per heavy atom. The number of hydrogen-bond donors (Lipinski definition) is 0. The Morgan fingerprint density at radius 2 is 0.934 bits per heavy atom. The van der Waals surface area contributed by atoms with E-state index in [-0.39, 0.29) is 28.5 Å². The van der Waals surface area contributed by atoms with Crippen molar-refractivity contribution in [3.05, 3.63) is 216 Å². The average molecular weight is 1010 g/mol. The summed E-state index contributed by atoms with van der Waals surface area (Å²) in [6.07, 6.45) is 0. The lowest BCUT2D eigenvalue weighted by Crippen LogP contribution is -2.61. The topological polar surface area (TPSA) is 9.72 Å². The second-order valence-electron chi connectivity index (χ2n) is 25.6. The zero-order chi connectivity index (χ0) is 53.2. The highest BCUT2D eigenvalue weighted by Gasteiger charge is 2.47. The van der Waals surface area contributed by atoms with Crippen molar-refractivity contribution in [2.24, 2.45) is 0 Å². The van der Waals surface area contributed by atoms with E-state index in [1.165, 1.54) is 110 Å². The van der Waals surface area contributed by atoms with Gasteiger partial charge in [0.25, 0.3) is 0 Å². The average Bonchev–Trinajstić information content (AvgIpc) is 3.87. The van der Waals surface area contributed by atoms with Gasteiger partial charge in [-0.1, -0.05) is 186 Å². The van der Waals surface area contributed by atoms with Crippen LogP contribution in [0, 0.1) is 6.92 Å². The lowest BCUT2D eigenvalue weighted by Gasteiger charge is -2.47. The van der Waals surface area contributed by atoms with Gasteiger partial charge >= 0.3 is 6.85 Å². The normalized spacial score (nSPS) is 13.5. The first-order chi connectivity index (χ1) is 36.1. The van der Waals surface area contributed by atoms with E-state index in [0.29, 0.717) is 0 Å². The summed E-state index contributed by atoms with van der Waals surface area (Å²) in [4.78, 5) is 7.80. The first-order valence-corrected chi connectivity index (χ1v) is 28.1. The molecule has 378 valence electrons. The molecular formula is C71H70BN3S. The van der Waals surface area contributed by atoms with Gasteiger partial charge in [0.2, 0.25) is 0 Å². The third-order valence-electron chi connectivity index (χ3n) is 16.1. The number of aryl methyl sites for hydroxylation is 1. The minimum atomic E-state index is -0.179. The van der Waals surface area contributed by atoms with Crippen LogP contribution in [-0.2, 0) is 21.7 Å². The monoisotopic (exact) mass is 1010 g/mol. The number of rotatable bonds is 6. The van der Waals surface area contributed by atoms with Gasteiger partial charge in [-0.2, -0.15) is 0 Å². The van der Waals surface area contributed by atoms with Gasteiger partial charge in [0.1, 0.15) is 0 Å². The van der Waals surface area contributed by atoms with Crippen LogP contribution in [0.3, 0.4) is 0 Å². The third-order valence-corrected chi connectivity index (χ3v) is 17.3. The molecule has 0 radical (unpaired) electrons. The van der Waals surface area contributed by atoms with Crippen LogP contribution in [0.15, 0.2) is 188 Å². The summed E-state index contributed by atoms with van der Waals surface area (Å²) in [6.45, 7) is 29.8. The molecule has 2 aliphatic rings. The van der Waals surface area contributed by atoms with E-state index in [9.17, 15) is 0 Å². The molecule has 0 unspecified atom stereocenters. The van der Waals surface area contributed by atoms with Crippen molar-refractivity contribution in [1.29, 1.82) is 0 Å². The van der Waals surface area contributed by atoms with Crippen molar-refractivity contribution in [2.45, 2.75) is 112 Å². The minimum absolute atomic E-state index is 0.00687. The Balaban J connectivity index is 1.18. The van der Waals surface area contributed by atoms with Gasteiger partial charge in [-0.05, 0) is 174 Å². The summed E-state index contributed by atoms with van der Waals surface area (Å²) < 4.78 is 2.60. The number of anilines is 8. The number of fused-ring (bicyclic) bond motifs is 8. The number of benzene rings is 9. The molecule has 76 heavy (non-hydrogen) atoms. The number of hydrogen-bond acceptors (Lipinski definition) is 4. The summed E-state index contributed by atoms with van der Waals surface area (Å²) in [7, 11) is 0. The van der Waals surface area contributed by atoms with Gasteiger partial charge < -0.3 is 14.6 Å². The molecule has 0 bridgehead atoms. The molecule has 1 aromatic heterocycles. The molecule has 10 aromatic rings. The molecule has 0 amide bonds. The summed E-state index contributed by atoms with van der Waals surface area (Å²) in [5.41, 5.74) is 23.4. The molecule has 0 fully saturated rings. The zero-order valence-electron chi connectivity index (χ0n) is 46.7. The van der Waals surface area contributed by atoms with E-state index in [2.05, 4.69) is 293 Å². The lowest BCUT2D eigenvalue weighted by atomic mass is 9.42. The van der Waals surface area contributed by atoms with Gasteiger partial charge in [0.05, 0.1) is 5.69 Å². The number of nitrogens with zero attached hydrogens (tertiary/aromatic N) is 3. The number of thiophene rings is 1. The Bertz CT molecular complexity index is 3800. The third kappa shape index (κ3) is 8.43. The maximum absolute atomic E-state index is 2.71. The molecule has 9 aromatic carbocycles. The van der Waals surface area contributed by atoms with Crippen LogP contribution >= 0.6 is 11.3 Å². The van der Waals surface area contributed by atoms with Crippen LogP contribution in [0.4, 0.5) is 45.5 Å². The largest absolute Gasteiger partial charge is 0.376 e. The van der Waals surface area contributed by atoms with Crippen LogP contribution < -0.4 is 25.5 Å². The van der Waals surface area contributed by atoms with Gasteiger partial charge in [0, 0.05) is 60.3 Å². The SMILES string of the molecule is Cc1cc2c3c(c1)N(c1ccc(C(C)(C)C)cc1-c1ccccc1)c1ccc4sc5ccccc5c4c1B3N(c1ccc(C(C)(C)C)cc1)c1cc(N(c3ccc(C(C)(C)C)cc3)c3ccc(C(C)(C)C)cc3)ccc1-2. The van der Waals surface area contributed by atoms with Crippen molar-refractivity contribution in [2.75, 3.05) is 14.6 Å². The molecule has 0 N–H and O–H groups in total. The Labute approximate surface area is 456 Å². The standard InChI is InChI=1S/C71H70BN3S/c1-45-41-58-55-37-36-54(73(51-30-23-47(24-31-51)68(2,3)4)52-32-25-48(26-33-52)69(5,6)7)44-61(55)75(53-34-27-49(28-35-53)70(8,9)10)72-66(58)62(42-45)74(60-39-40-64-65(67(60)72)56-21-17-18-22-63(56)76-64)59-38-29-50(71(11,12)13)43-57(59)46-19-15-14-16-20-46/h14-44H,1-13H3. The molecule has 0 saturated heterocycles.